The van der Waals surface area contributed by atoms with E-state index < -0.39 is 137 Å². The van der Waals surface area contributed by atoms with Crippen molar-refractivity contribution in [3.8, 4) is 0 Å². The van der Waals surface area contributed by atoms with Gasteiger partial charge >= 0.3 is 17.9 Å². The fourth-order valence-corrected chi connectivity index (χ4v) is 9.48. The third-order valence-electron chi connectivity index (χ3n) is 14.1. The SMILES string of the molecule is C.C.CC(C)(C)C.[2H]CCc1ccc(CC2OC(C(=O)O)C(O)C(O)C2O)c(CCC(=O)C([B])(C)N2C(=O)CC(C(C)(C)C)C2=O)c1.[B]C(C)(NC(=O)CCC(=O)O)C(=O)CCc1cc(CCC)ccc1CC1OC(C(=O)O)C(O)C(O)C1O.[U].[U]. The van der Waals surface area contributed by atoms with Crippen LogP contribution >= 0.6 is 0 Å². The number of carboxylic acid groups (broad SMARTS) is 3. The van der Waals surface area contributed by atoms with Crippen LogP contribution in [0.5, 0.6) is 0 Å². The number of nitrogens with one attached hydrogen (secondary N) is 1. The van der Waals surface area contributed by atoms with Crippen molar-refractivity contribution in [3.63, 3.8) is 0 Å². The number of Topliss-reactive ketones (excluding diaryl/α,β-unsaturated/α-hetero) is 2. The van der Waals surface area contributed by atoms with Crippen molar-refractivity contribution in [2.75, 3.05) is 0 Å². The second-order valence-corrected chi connectivity index (χ2v) is 24.3. The topological polar surface area (TPSA) is 352 Å². The number of aliphatic carboxylic acids is 3. The summed E-state index contributed by atoms with van der Waals surface area (Å²) in [7, 11) is 12.3. The van der Waals surface area contributed by atoms with Gasteiger partial charge in [0.2, 0.25) is 17.7 Å². The summed E-state index contributed by atoms with van der Waals surface area (Å²) < 4.78 is 18.4. The van der Waals surface area contributed by atoms with Gasteiger partial charge in [0.1, 0.15) is 63.9 Å². The van der Waals surface area contributed by atoms with Gasteiger partial charge in [0.25, 0.3) is 0 Å². The first-order valence-electron chi connectivity index (χ1n) is 27.9. The van der Waals surface area contributed by atoms with Gasteiger partial charge in [0, 0.05) is 102 Å². The predicted octanol–water partition coefficient (Wildman–Crippen LogP) is 3.34. The number of hydrogen-bond donors (Lipinski definition) is 10. The summed E-state index contributed by atoms with van der Waals surface area (Å²) in [4.78, 5) is 98.4. The van der Waals surface area contributed by atoms with E-state index in [9.17, 15) is 79.2 Å². The molecule has 2 aromatic rings. The van der Waals surface area contributed by atoms with E-state index in [0.29, 0.717) is 28.5 Å². The number of carbonyl (C=O) groups excluding carboxylic acids is 5. The summed E-state index contributed by atoms with van der Waals surface area (Å²) in [5.74, 6) is -7.35. The van der Waals surface area contributed by atoms with Gasteiger partial charge in [-0.3, -0.25) is 33.7 Å². The number of aryl methyl sites for hydroxylation is 4. The monoisotopic (exact) mass is 1640 g/mol. The maximum atomic E-state index is 13.3. The maximum absolute atomic E-state index is 13.3. The van der Waals surface area contributed by atoms with Crippen molar-refractivity contribution >= 4 is 62.9 Å². The van der Waals surface area contributed by atoms with E-state index in [4.69, 9.17) is 31.6 Å². The van der Waals surface area contributed by atoms with Crippen LogP contribution in [0.4, 0.5) is 0 Å². The van der Waals surface area contributed by atoms with Crippen molar-refractivity contribution in [3.05, 3.63) is 69.8 Å². The predicted molar refractivity (Wildman–Crippen MR) is 310 cm³/mol. The van der Waals surface area contributed by atoms with Crippen molar-refractivity contribution in [2.45, 2.75) is 240 Å². The molecule has 470 valence electrons. The Labute approximate surface area is 552 Å². The molecule has 0 saturated carbocycles. The Morgan fingerprint density at radius 1 is 0.624 bits per heavy atom. The van der Waals surface area contributed by atoms with Gasteiger partial charge in [0.15, 0.2) is 12.2 Å². The number of carbonyl (C=O) groups is 8. The second-order valence-electron chi connectivity index (χ2n) is 24.3. The zero-order valence-corrected chi connectivity index (χ0v) is 57.5. The molecule has 3 fully saturated rings. The van der Waals surface area contributed by atoms with E-state index in [0.717, 1.165) is 34.4 Å². The molecule has 10 N–H and O–H groups in total. The second kappa shape index (κ2) is 35.8. The number of hydrogen-bond acceptors (Lipinski definition) is 16. The van der Waals surface area contributed by atoms with Crippen LogP contribution in [0.2, 0.25) is 0 Å². The average Bonchev–Trinajstić information content (AvgIpc) is 2.80. The quantitative estimate of drug-likeness (QED) is 0.0597. The van der Waals surface area contributed by atoms with E-state index in [1.807, 2.05) is 39.8 Å². The number of imide groups is 1. The van der Waals surface area contributed by atoms with Crippen LogP contribution in [0.1, 0.15) is 164 Å². The number of aliphatic hydroxyl groups is 6. The van der Waals surface area contributed by atoms with Gasteiger partial charge in [-0.05, 0) is 83.7 Å². The van der Waals surface area contributed by atoms with Crippen LogP contribution in [0.3, 0.4) is 0 Å². The van der Waals surface area contributed by atoms with Gasteiger partial charge in [-0.2, -0.15) is 0 Å². The molecule has 4 radical (unpaired) electrons. The van der Waals surface area contributed by atoms with E-state index in [1.54, 1.807) is 24.3 Å². The first-order chi connectivity index (χ1) is 37.8. The number of rotatable bonds is 22. The molecule has 13 unspecified atom stereocenters. The minimum atomic E-state index is -1.86. The molecule has 5 rings (SSSR count). The zero-order valence-electron chi connectivity index (χ0n) is 50.2. The summed E-state index contributed by atoms with van der Waals surface area (Å²) >= 11 is 0. The number of ether oxygens (including phenoxy) is 2. The molecular formula is C60H92B2N2O19U2. The number of benzene rings is 2. The molecule has 0 bridgehead atoms. The van der Waals surface area contributed by atoms with E-state index >= 15 is 0 Å². The van der Waals surface area contributed by atoms with Crippen molar-refractivity contribution < 1.29 is 157 Å². The summed E-state index contributed by atoms with van der Waals surface area (Å²) in [6.07, 6.45) is -14.4. The molecule has 3 aliphatic heterocycles. The molecule has 2 aromatic carbocycles. The maximum Gasteiger partial charge on any atom is 0.335 e. The van der Waals surface area contributed by atoms with Crippen LogP contribution in [0.25, 0.3) is 0 Å². The number of aliphatic hydroxyl groups excluding tert-OH is 6. The van der Waals surface area contributed by atoms with Gasteiger partial charge in [-0.1, -0.05) is 120 Å². The fourth-order valence-electron chi connectivity index (χ4n) is 9.48. The standard InChI is InChI=1S/C28H38BNO9.C25H34BNO10.C5H12.2CH4.2U/c1-6-14-7-8-16(12-18-21(33)22(34)23(35)24(39-18)26(37)38)15(11-14)9-10-19(31)28(5,29)30-20(32)13-17(25(30)36)27(2,3)4;1-3-4-13-5-6-15(12-16-20(32)21(33)22(34)23(37-16)24(35)36)14(11-13)7-8-17(28)25(2,26)27-18(29)9-10-19(30)31;1-5(2,3)4;;;;/h7-8,11,17-18,21-24,33-35H,6,9-10,12-13H2,1-5H3,(H,37,38);5-6,11,16,20-23,32-34H,3-4,7-10,12H2,1-2H3,(H,27,29)(H,30,31)(H,35,36);1-4H3;2*1H4;;/i1D;;;;;;. The number of carboxylic acids is 3. The Morgan fingerprint density at radius 3 is 1.44 bits per heavy atom. The molecule has 0 aliphatic carbocycles. The van der Waals surface area contributed by atoms with Crippen LogP contribution in [0, 0.1) is 79.0 Å². The molecule has 3 saturated heterocycles. The molecule has 0 aromatic heterocycles. The minimum absolute atomic E-state index is 0. The molecule has 25 heteroatoms. The van der Waals surface area contributed by atoms with Crippen LogP contribution in [-0.4, -0.2) is 186 Å². The molecule has 3 aliphatic rings. The summed E-state index contributed by atoms with van der Waals surface area (Å²) in [6.45, 7) is 19.1. The Bertz CT molecular complexity index is 2590. The smallest absolute Gasteiger partial charge is 0.335 e. The number of amides is 3. The first kappa shape index (κ1) is 81.7. The molecule has 0 spiro atoms. The van der Waals surface area contributed by atoms with Crippen molar-refractivity contribution in [2.24, 2.45) is 16.7 Å². The Balaban J connectivity index is 0. The van der Waals surface area contributed by atoms with Crippen LogP contribution < -0.4 is 5.32 Å². The Morgan fingerprint density at radius 2 is 1.05 bits per heavy atom. The Kier molecular flexibility index (Phi) is 34.4. The molecule has 3 amide bonds. The summed E-state index contributed by atoms with van der Waals surface area (Å²) in [5, 5.41) is 90.9. The van der Waals surface area contributed by atoms with E-state index in [-0.39, 0.29) is 135 Å². The first-order valence-corrected chi connectivity index (χ1v) is 27.2. The number of likely N-dealkylation sites (tertiary alicyclic amines) is 1. The molecular weight excluding hydrogens is 1550 g/mol. The van der Waals surface area contributed by atoms with Crippen LogP contribution in [-0.2, 0) is 86.4 Å². The molecule has 3 heterocycles. The van der Waals surface area contributed by atoms with Gasteiger partial charge in [-0.25, -0.2) is 9.59 Å². The van der Waals surface area contributed by atoms with Crippen LogP contribution in [0.15, 0.2) is 36.4 Å². The van der Waals surface area contributed by atoms with E-state index in [1.165, 1.54) is 13.8 Å². The number of ketones is 2. The average molecular weight is 1640 g/mol. The fraction of sp³-hybridized carbons (Fsp3) is 0.667. The molecule has 21 nitrogen and oxygen atoms in total. The van der Waals surface area contributed by atoms with E-state index in [2.05, 4.69) is 33.0 Å². The number of nitrogens with zero attached hydrogens (tertiary/aromatic N) is 1. The summed E-state index contributed by atoms with van der Waals surface area (Å²) in [5.41, 5.74) is 0.864. The van der Waals surface area contributed by atoms with Gasteiger partial charge in [0.05, 0.1) is 35.4 Å². The minimum Gasteiger partial charge on any atom is -0.481 e. The van der Waals surface area contributed by atoms with Gasteiger partial charge < -0.3 is 60.7 Å². The molecule has 13 atom stereocenters. The summed E-state index contributed by atoms with van der Waals surface area (Å²) in [6, 6.07) is 10.8. The normalized spacial score (nSPS) is 25.3. The largest absolute Gasteiger partial charge is 0.481 e. The van der Waals surface area contributed by atoms with Crippen molar-refractivity contribution in [1.82, 2.24) is 10.2 Å². The third-order valence-corrected chi connectivity index (χ3v) is 14.1. The Hall–Kier alpha value is -3.29. The van der Waals surface area contributed by atoms with Gasteiger partial charge in [-0.15, -0.1) is 0 Å². The third kappa shape index (κ3) is 24.2. The molecule has 85 heavy (non-hydrogen) atoms. The zero-order chi connectivity index (χ0) is 62.6. The van der Waals surface area contributed by atoms with Crippen molar-refractivity contribution in [1.29, 1.82) is 0 Å².